The minimum Gasteiger partial charge on any atom is -0.508 e. The highest BCUT2D eigenvalue weighted by Crippen LogP contribution is 2.36. The normalized spacial score (nSPS) is 22.1. The Morgan fingerprint density at radius 3 is 2.39 bits per heavy atom. The molecule has 0 radical (unpaired) electrons. The molecule has 4 nitrogen and oxygen atoms in total. The van der Waals surface area contributed by atoms with Crippen molar-refractivity contribution in [1.29, 1.82) is 0 Å². The van der Waals surface area contributed by atoms with Crippen molar-refractivity contribution in [2.24, 2.45) is 0 Å². The molecule has 2 aromatic rings. The second-order valence-electron chi connectivity index (χ2n) is 8.10. The standard InChI is InChI=1S/C23H28ClN3O/c1-16(2)27-13-11-23(12-14-27)25-20(17-7-9-18(24)10-8-17)15-21(26-23)19-5-3-4-6-22(19)28/h3-10,15-16,21,25-26,28H,11-14H2,1-2H3. The lowest BCUT2D eigenvalue weighted by atomic mass is 9.89. The Balaban J connectivity index is 1.69. The zero-order valence-corrected chi connectivity index (χ0v) is 17.2. The van der Waals surface area contributed by atoms with Crippen LogP contribution in [0.2, 0.25) is 5.02 Å². The molecule has 148 valence electrons. The second-order valence-corrected chi connectivity index (χ2v) is 8.54. The number of phenols is 1. The predicted molar refractivity (Wildman–Crippen MR) is 115 cm³/mol. The van der Waals surface area contributed by atoms with Crippen LogP contribution < -0.4 is 10.6 Å². The molecule has 1 saturated heterocycles. The maximum Gasteiger partial charge on any atom is 0.120 e. The summed E-state index contributed by atoms with van der Waals surface area (Å²) in [6, 6.07) is 16.0. The van der Waals surface area contributed by atoms with Gasteiger partial charge in [0.1, 0.15) is 5.75 Å². The third kappa shape index (κ3) is 3.90. The minimum atomic E-state index is -0.192. The molecule has 2 aliphatic heterocycles. The first-order valence-corrected chi connectivity index (χ1v) is 10.4. The fourth-order valence-corrected chi connectivity index (χ4v) is 4.37. The third-order valence-corrected chi connectivity index (χ3v) is 6.20. The smallest absolute Gasteiger partial charge is 0.120 e. The first kappa shape index (κ1) is 19.3. The first-order chi connectivity index (χ1) is 13.5. The number of hydrogen-bond donors (Lipinski definition) is 3. The van der Waals surface area contributed by atoms with Gasteiger partial charge in [-0.1, -0.05) is 41.9 Å². The van der Waals surface area contributed by atoms with E-state index in [1.54, 1.807) is 6.07 Å². The molecule has 2 aliphatic rings. The molecule has 28 heavy (non-hydrogen) atoms. The highest BCUT2D eigenvalue weighted by molar-refractivity contribution is 6.30. The van der Waals surface area contributed by atoms with Gasteiger partial charge in [-0.25, -0.2) is 0 Å². The number of piperidine rings is 1. The van der Waals surface area contributed by atoms with Gasteiger partial charge >= 0.3 is 0 Å². The Bertz CT molecular complexity index is 854. The van der Waals surface area contributed by atoms with Crippen molar-refractivity contribution in [1.82, 2.24) is 15.5 Å². The van der Waals surface area contributed by atoms with Crippen molar-refractivity contribution in [2.75, 3.05) is 13.1 Å². The van der Waals surface area contributed by atoms with Crippen LogP contribution in [0, 0.1) is 0 Å². The summed E-state index contributed by atoms with van der Waals surface area (Å²) >= 11 is 6.09. The lowest BCUT2D eigenvalue weighted by molar-refractivity contribution is 0.0907. The van der Waals surface area contributed by atoms with Crippen LogP contribution in [0.4, 0.5) is 0 Å². The van der Waals surface area contributed by atoms with E-state index >= 15 is 0 Å². The number of benzene rings is 2. The largest absolute Gasteiger partial charge is 0.508 e. The zero-order valence-electron chi connectivity index (χ0n) is 16.5. The van der Waals surface area contributed by atoms with Gasteiger partial charge in [0.2, 0.25) is 0 Å². The summed E-state index contributed by atoms with van der Waals surface area (Å²) in [5.41, 5.74) is 2.90. The summed E-state index contributed by atoms with van der Waals surface area (Å²) in [6.45, 7) is 6.59. The molecule has 5 heteroatoms. The van der Waals surface area contributed by atoms with Crippen LogP contribution in [0.1, 0.15) is 43.9 Å². The van der Waals surface area contributed by atoms with E-state index in [1.165, 1.54) is 0 Å². The zero-order chi connectivity index (χ0) is 19.7. The number of nitrogens with one attached hydrogen (secondary N) is 2. The SMILES string of the molecule is CC(C)N1CCC2(CC1)NC(c1ccc(Cl)cc1)=CC(c1ccccc1O)N2. The number of rotatable bonds is 3. The van der Waals surface area contributed by atoms with Crippen LogP contribution in [0.25, 0.3) is 5.70 Å². The van der Waals surface area contributed by atoms with Crippen molar-refractivity contribution in [3.63, 3.8) is 0 Å². The number of hydrogen-bond acceptors (Lipinski definition) is 4. The van der Waals surface area contributed by atoms with Gasteiger partial charge in [-0.15, -0.1) is 0 Å². The van der Waals surface area contributed by atoms with Gasteiger partial charge in [0.25, 0.3) is 0 Å². The lowest BCUT2D eigenvalue weighted by Gasteiger charge is -2.49. The van der Waals surface area contributed by atoms with Gasteiger partial charge in [-0.3, -0.25) is 5.32 Å². The summed E-state index contributed by atoms with van der Waals surface area (Å²) < 4.78 is 0. The van der Waals surface area contributed by atoms with Crippen LogP contribution in [0.15, 0.2) is 54.6 Å². The highest BCUT2D eigenvalue weighted by atomic mass is 35.5. The fourth-order valence-electron chi connectivity index (χ4n) is 4.25. The van der Waals surface area contributed by atoms with E-state index in [2.05, 4.69) is 35.5 Å². The summed E-state index contributed by atoms with van der Waals surface area (Å²) in [6.07, 6.45) is 4.17. The predicted octanol–water partition coefficient (Wildman–Crippen LogP) is 4.52. The van der Waals surface area contributed by atoms with E-state index in [4.69, 9.17) is 11.6 Å². The Hall–Kier alpha value is -2.01. The van der Waals surface area contributed by atoms with Gasteiger partial charge in [0.15, 0.2) is 0 Å². The van der Waals surface area contributed by atoms with Crippen molar-refractivity contribution in [3.8, 4) is 5.75 Å². The fraction of sp³-hybridized carbons (Fsp3) is 0.391. The molecule has 1 atom stereocenters. The van der Waals surface area contributed by atoms with Crippen LogP contribution in [0.3, 0.4) is 0 Å². The monoisotopic (exact) mass is 397 g/mol. The van der Waals surface area contributed by atoms with Crippen molar-refractivity contribution in [2.45, 2.75) is 44.4 Å². The van der Waals surface area contributed by atoms with Crippen LogP contribution in [0.5, 0.6) is 5.75 Å². The Kier molecular flexibility index (Phi) is 5.37. The number of phenolic OH excluding ortho intramolecular Hbond substituents is 1. The van der Waals surface area contributed by atoms with Crippen molar-refractivity contribution >= 4 is 17.3 Å². The Morgan fingerprint density at radius 2 is 1.75 bits per heavy atom. The average molecular weight is 398 g/mol. The summed E-state index contributed by atoms with van der Waals surface area (Å²) in [4.78, 5) is 2.52. The molecule has 0 aromatic heterocycles. The van der Waals surface area contributed by atoms with Crippen LogP contribution >= 0.6 is 11.6 Å². The molecule has 4 rings (SSSR count). The number of aromatic hydroxyl groups is 1. The molecule has 2 aromatic carbocycles. The molecule has 2 heterocycles. The number of likely N-dealkylation sites (tertiary alicyclic amines) is 1. The summed E-state index contributed by atoms with van der Waals surface area (Å²) in [5, 5.41) is 18.8. The number of nitrogens with zero attached hydrogens (tertiary/aromatic N) is 1. The van der Waals surface area contributed by atoms with Gasteiger partial charge < -0.3 is 15.3 Å². The molecule has 0 saturated carbocycles. The maximum atomic E-state index is 10.4. The summed E-state index contributed by atoms with van der Waals surface area (Å²) in [7, 11) is 0. The van der Waals surface area contributed by atoms with E-state index in [0.717, 1.165) is 47.8 Å². The van der Waals surface area contributed by atoms with E-state index < -0.39 is 0 Å². The van der Waals surface area contributed by atoms with Crippen molar-refractivity contribution < 1.29 is 5.11 Å². The third-order valence-electron chi connectivity index (χ3n) is 5.95. The van der Waals surface area contributed by atoms with Crippen LogP contribution in [-0.2, 0) is 0 Å². The maximum absolute atomic E-state index is 10.4. The van der Waals surface area contributed by atoms with Crippen molar-refractivity contribution in [3.05, 3.63) is 70.8 Å². The molecule has 1 fully saturated rings. The molecule has 3 N–H and O–H groups in total. The van der Waals surface area contributed by atoms with E-state index in [-0.39, 0.29) is 11.7 Å². The topological polar surface area (TPSA) is 47.5 Å². The van der Waals surface area contributed by atoms with Gasteiger partial charge in [-0.05, 0) is 56.5 Å². The summed E-state index contributed by atoms with van der Waals surface area (Å²) in [5.74, 6) is 0.323. The lowest BCUT2D eigenvalue weighted by Crippen LogP contribution is -2.64. The van der Waals surface area contributed by atoms with E-state index in [1.807, 2.05) is 42.5 Å². The Morgan fingerprint density at radius 1 is 1.07 bits per heavy atom. The average Bonchev–Trinajstić information content (AvgIpc) is 2.69. The van der Waals surface area contributed by atoms with E-state index in [0.29, 0.717) is 11.8 Å². The number of halogens is 1. The van der Waals surface area contributed by atoms with E-state index in [9.17, 15) is 5.11 Å². The van der Waals surface area contributed by atoms with Gasteiger partial charge in [-0.2, -0.15) is 0 Å². The Labute approximate surface area is 172 Å². The minimum absolute atomic E-state index is 0.0567. The van der Waals surface area contributed by atoms with Gasteiger partial charge in [0.05, 0.1) is 11.7 Å². The second kappa shape index (κ2) is 7.78. The molecular formula is C23H28ClN3O. The van der Waals surface area contributed by atoms with Crippen LogP contribution in [-0.4, -0.2) is 34.8 Å². The molecule has 0 amide bonds. The van der Waals surface area contributed by atoms with Gasteiger partial charge in [0, 0.05) is 35.4 Å². The quantitative estimate of drug-likeness (QED) is 0.712. The molecule has 1 spiro atoms. The molecule has 0 aliphatic carbocycles. The number of para-hydroxylation sites is 1. The first-order valence-electron chi connectivity index (χ1n) is 10.0. The highest BCUT2D eigenvalue weighted by Gasteiger charge is 2.40. The molecule has 0 bridgehead atoms. The molecular weight excluding hydrogens is 370 g/mol. The molecule has 1 unspecified atom stereocenters.